The van der Waals surface area contributed by atoms with E-state index in [1.54, 1.807) is 12.4 Å². The highest BCUT2D eigenvalue weighted by atomic mass is 32.2. The summed E-state index contributed by atoms with van der Waals surface area (Å²) < 4.78 is 31.2. The Labute approximate surface area is 127 Å². The summed E-state index contributed by atoms with van der Waals surface area (Å²) in [7, 11) is -2.39. The van der Waals surface area contributed by atoms with E-state index in [2.05, 4.69) is 19.7 Å². The molecule has 0 aliphatic carbocycles. The van der Waals surface area contributed by atoms with Gasteiger partial charge in [0.25, 0.3) is 0 Å². The molecule has 0 aromatic carbocycles. The van der Waals surface area contributed by atoms with Crippen molar-refractivity contribution in [1.82, 2.24) is 19.3 Å². The fraction of sp³-hybridized carbons (Fsp3) is 0.385. The number of ether oxygens (including phenoxy) is 1. The molecule has 0 spiro atoms. The van der Waals surface area contributed by atoms with Gasteiger partial charge in [-0.1, -0.05) is 0 Å². The molecule has 8 nitrogen and oxygen atoms in total. The van der Waals surface area contributed by atoms with Crippen molar-refractivity contribution in [2.24, 2.45) is 0 Å². The minimum Gasteiger partial charge on any atom is -0.464 e. The first-order chi connectivity index (χ1) is 10.5. The van der Waals surface area contributed by atoms with Gasteiger partial charge in [-0.25, -0.2) is 18.2 Å². The van der Waals surface area contributed by atoms with Crippen LogP contribution in [0, 0.1) is 0 Å². The number of carbonyl (C=O) groups excluding carboxylic acids is 1. The van der Waals surface area contributed by atoms with E-state index in [9.17, 15) is 13.2 Å². The molecule has 3 rings (SSSR count). The van der Waals surface area contributed by atoms with Crippen LogP contribution in [0.2, 0.25) is 0 Å². The van der Waals surface area contributed by atoms with Gasteiger partial charge >= 0.3 is 5.97 Å². The van der Waals surface area contributed by atoms with Crippen LogP contribution in [-0.4, -0.2) is 53.8 Å². The summed E-state index contributed by atoms with van der Waals surface area (Å²) in [5.41, 5.74) is 0.114. The third-order valence-electron chi connectivity index (χ3n) is 3.76. The summed E-state index contributed by atoms with van der Waals surface area (Å²) in [6.45, 7) is 0.793. The van der Waals surface area contributed by atoms with Gasteiger partial charge in [0.15, 0.2) is 0 Å². The van der Waals surface area contributed by atoms with Crippen LogP contribution in [0.1, 0.15) is 28.7 Å². The number of aromatic nitrogens is 3. The van der Waals surface area contributed by atoms with Crippen LogP contribution in [0.25, 0.3) is 0 Å². The molecule has 0 bridgehead atoms. The lowest BCUT2D eigenvalue weighted by Crippen LogP contribution is -2.28. The average Bonchev–Trinajstić information content (AvgIpc) is 3.25. The van der Waals surface area contributed by atoms with Crippen LogP contribution in [-0.2, 0) is 14.8 Å². The summed E-state index contributed by atoms with van der Waals surface area (Å²) in [5.74, 6) is 0.252. The van der Waals surface area contributed by atoms with Crippen LogP contribution in [0.15, 0.2) is 29.6 Å². The predicted molar refractivity (Wildman–Crippen MR) is 76.8 cm³/mol. The van der Waals surface area contributed by atoms with Crippen molar-refractivity contribution in [2.75, 3.05) is 20.2 Å². The summed E-state index contributed by atoms with van der Waals surface area (Å²) in [6.07, 6.45) is 5.39. The monoisotopic (exact) mass is 324 g/mol. The maximum absolute atomic E-state index is 12.6. The van der Waals surface area contributed by atoms with Crippen LogP contribution in [0.4, 0.5) is 0 Å². The van der Waals surface area contributed by atoms with Crippen LogP contribution < -0.4 is 0 Å². The van der Waals surface area contributed by atoms with E-state index < -0.39 is 16.0 Å². The number of methoxy groups -OCH3 is 1. The first-order valence-corrected chi connectivity index (χ1v) is 8.22. The topological polar surface area (TPSA) is 108 Å². The molecule has 1 saturated heterocycles. The SMILES string of the molecule is COC(=O)c1cc(S(=O)(=O)N2CC[C@@H](c3ncc[nH]3)C2)c[nH]1. The van der Waals surface area contributed by atoms with E-state index in [1.807, 2.05) is 0 Å². The van der Waals surface area contributed by atoms with Crippen molar-refractivity contribution in [2.45, 2.75) is 17.2 Å². The van der Waals surface area contributed by atoms with Gasteiger partial charge in [-0.15, -0.1) is 0 Å². The Balaban J connectivity index is 1.79. The Hall–Kier alpha value is -2.13. The second-order valence-electron chi connectivity index (χ2n) is 5.06. The Morgan fingerprint density at radius 2 is 2.27 bits per heavy atom. The van der Waals surface area contributed by atoms with E-state index in [1.165, 1.54) is 23.7 Å². The highest BCUT2D eigenvalue weighted by Crippen LogP contribution is 2.29. The van der Waals surface area contributed by atoms with Gasteiger partial charge in [-0.3, -0.25) is 0 Å². The zero-order valence-electron chi connectivity index (χ0n) is 11.9. The number of aromatic amines is 2. The lowest BCUT2D eigenvalue weighted by atomic mass is 10.1. The highest BCUT2D eigenvalue weighted by Gasteiger charge is 2.35. The van der Waals surface area contributed by atoms with Crippen LogP contribution in [0.3, 0.4) is 0 Å². The lowest BCUT2D eigenvalue weighted by molar-refractivity contribution is 0.0595. The van der Waals surface area contributed by atoms with E-state index in [-0.39, 0.29) is 16.5 Å². The van der Waals surface area contributed by atoms with E-state index in [4.69, 9.17) is 0 Å². The minimum atomic E-state index is -3.63. The third kappa shape index (κ3) is 2.53. The number of nitrogens with one attached hydrogen (secondary N) is 2. The number of sulfonamides is 1. The number of rotatable bonds is 4. The van der Waals surface area contributed by atoms with E-state index in [0.29, 0.717) is 19.5 Å². The third-order valence-corrected chi connectivity index (χ3v) is 5.60. The van der Waals surface area contributed by atoms with Crippen molar-refractivity contribution in [1.29, 1.82) is 0 Å². The maximum atomic E-state index is 12.6. The maximum Gasteiger partial charge on any atom is 0.354 e. The Kier molecular flexibility index (Phi) is 3.75. The van der Waals surface area contributed by atoms with Crippen molar-refractivity contribution in [3.05, 3.63) is 36.2 Å². The fourth-order valence-corrected chi connectivity index (χ4v) is 4.07. The number of imidazole rings is 1. The Morgan fingerprint density at radius 3 is 2.95 bits per heavy atom. The molecule has 0 radical (unpaired) electrons. The zero-order valence-corrected chi connectivity index (χ0v) is 12.8. The molecule has 118 valence electrons. The fourth-order valence-electron chi connectivity index (χ4n) is 2.57. The van der Waals surface area contributed by atoms with Crippen molar-refractivity contribution >= 4 is 16.0 Å². The van der Waals surface area contributed by atoms with Gasteiger partial charge in [-0.05, 0) is 12.5 Å². The van der Waals surface area contributed by atoms with Gasteiger partial charge in [0.2, 0.25) is 10.0 Å². The molecule has 0 unspecified atom stereocenters. The summed E-state index contributed by atoms with van der Waals surface area (Å²) in [5, 5.41) is 0. The van der Waals surface area contributed by atoms with Crippen LogP contribution in [0.5, 0.6) is 0 Å². The van der Waals surface area contributed by atoms with Gasteiger partial charge in [-0.2, -0.15) is 4.31 Å². The minimum absolute atomic E-state index is 0.0591. The molecule has 0 saturated carbocycles. The smallest absolute Gasteiger partial charge is 0.354 e. The molecule has 2 aromatic heterocycles. The molecule has 1 aliphatic heterocycles. The van der Waals surface area contributed by atoms with Gasteiger partial charge in [0.1, 0.15) is 16.4 Å². The van der Waals surface area contributed by atoms with Crippen LogP contribution >= 0.6 is 0 Å². The summed E-state index contributed by atoms with van der Waals surface area (Å²) in [6, 6.07) is 1.29. The number of nitrogens with zero attached hydrogens (tertiary/aromatic N) is 2. The number of H-pyrrole nitrogens is 2. The lowest BCUT2D eigenvalue weighted by Gasteiger charge is -2.14. The second-order valence-corrected chi connectivity index (χ2v) is 7.00. The molecule has 3 heterocycles. The van der Waals surface area contributed by atoms with Crippen molar-refractivity contribution in [3.8, 4) is 0 Å². The van der Waals surface area contributed by atoms with Crippen molar-refractivity contribution < 1.29 is 17.9 Å². The molecule has 22 heavy (non-hydrogen) atoms. The Bertz CT molecular complexity index is 766. The quantitative estimate of drug-likeness (QED) is 0.805. The first-order valence-electron chi connectivity index (χ1n) is 6.78. The normalized spacial score (nSPS) is 19.4. The largest absolute Gasteiger partial charge is 0.464 e. The zero-order chi connectivity index (χ0) is 15.7. The molecule has 0 amide bonds. The Morgan fingerprint density at radius 1 is 1.45 bits per heavy atom. The second kappa shape index (κ2) is 5.58. The molecular formula is C13H16N4O4S. The summed E-state index contributed by atoms with van der Waals surface area (Å²) in [4.78, 5) is 21.3. The number of hydrogen-bond donors (Lipinski definition) is 2. The number of hydrogen-bond acceptors (Lipinski definition) is 5. The molecule has 2 N–H and O–H groups in total. The standard InChI is InChI=1S/C13H16N4O4S/c1-21-13(18)11-6-10(7-16-11)22(19,20)17-5-2-9(8-17)12-14-3-4-15-12/h3-4,6-7,9,16H,2,5,8H2,1H3,(H,14,15)/t9-/m1/s1. The molecule has 1 atom stereocenters. The average molecular weight is 324 g/mol. The van der Waals surface area contributed by atoms with Crippen molar-refractivity contribution in [3.63, 3.8) is 0 Å². The molecule has 9 heteroatoms. The summed E-state index contributed by atoms with van der Waals surface area (Å²) >= 11 is 0. The molecule has 2 aromatic rings. The number of carbonyl (C=O) groups is 1. The van der Waals surface area contributed by atoms with Gasteiger partial charge in [0, 0.05) is 37.6 Å². The molecule has 1 fully saturated rings. The molecular weight excluding hydrogens is 308 g/mol. The van der Waals surface area contributed by atoms with Gasteiger partial charge in [0.05, 0.1) is 7.11 Å². The predicted octanol–water partition coefficient (Wildman–Crippen LogP) is 0.703. The van der Waals surface area contributed by atoms with Gasteiger partial charge < -0.3 is 14.7 Å². The number of esters is 1. The molecule has 1 aliphatic rings. The first kappa shape index (κ1) is 14.8. The van der Waals surface area contributed by atoms with E-state index in [0.717, 1.165) is 5.82 Å². The van der Waals surface area contributed by atoms with E-state index >= 15 is 0 Å². The highest BCUT2D eigenvalue weighted by molar-refractivity contribution is 7.89.